The van der Waals surface area contributed by atoms with Crippen LogP contribution in [0.1, 0.15) is 26.3 Å². The third-order valence-corrected chi connectivity index (χ3v) is 2.85. The number of anilines is 1. The number of amides is 2. The van der Waals surface area contributed by atoms with Crippen molar-refractivity contribution in [1.82, 2.24) is 4.90 Å². The third kappa shape index (κ3) is 4.21. The lowest BCUT2D eigenvalue weighted by Crippen LogP contribution is -2.43. The fourth-order valence-electron chi connectivity index (χ4n) is 1.74. The Bertz CT molecular complexity index is 447. The second-order valence-electron chi connectivity index (χ2n) is 4.94. The molecule has 5 heteroatoms. The van der Waals surface area contributed by atoms with Gasteiger partial charge in [-0.1, -0.05) is 6.07 Å². The van der Waals surface area contributed by atoms with Crippen molar-refractivity contribution in [2.45, 2.75) is 39.8 Å². The lowest BCUT2D eigenvalue weighted by atomic mass is 10.2. The van der Waals surface area contributed by atoms with Gasteiger partial charge < -0.3 is 15.3 Å². The van der Waals surface area contributed by atoms with Crippen LogP contribution in [0.5, 0.6) is 0 Å². The van der Waals surface area contributed by atoms with Crippen LogP contribution in [0.15, 0.2) is 18.2 Å². The number of nitrogens with zero attached hydrogens (tertiary/aromatic N) is 1. The average molecular weight is 268 g/mol. The highest BCUT2D eigenvalue weighted by Gasteiger charge is 2.19. The number of rotatable bonds is 4. The molecule has 1 rings (SSSR count). The fourth-order valence-corrected chi connectivity index (χ4v) is 1.74. The molecule has 0 spiro atoms. The summed E-state index contributed by atoms with van der Waals surface area (Å²) < 4.78 is 13.4. The predicted octanol–water partition coefficient (Wildman–Crippen LogP) is 2.76. The first kappa shape index (κ1) is 15.4. The number of aliphatic hydroxyl groups excluding tert-OH is 1. The maximum Gasteiger partial charge on any atom is 0.322 e. The summed E-state index contributed by atoms with van der Waals surface area (Å²) in [5.74, 6) is -0.357. The Balaban J connectivity index is 2.84. The normalized spacial score (nSPS) is 12.4. The lowest BCUT2D eigenvalue weighted by Gasteiger charge is -2.28. The number of carbonyl (C=O) groups is 1. The minimum absolute atomic E-state index is 0.0523. The maximum absolute atomic E-state index is 13.4. The molecule has 0 bridgehead atoms. The van der Waals surface area contributed by atoms with Crippen molar-refractivity contribution >= 4 is 11.7 Å². The van der Waals surface area contributed by atoms with Crippen molar-refractivity contribution in [3.8, 4) is 0 Å². The van der Waals surface area contributed by atoms with E-state index >= 15 is 0 Å². The maximum atomic E-state index is 13.4. The molecular weight excluding hydrogens is 247 g/mol. The van der Waals surface area contributed by atoms with Gasteiger partial charge in [0.05, 0.1) is 6.10 Å². The van der Waals surface area contributed by atoms with Gasteiger partial charge in [-0.05, 0) is 39.8 Å². The van der Waals surface area contributed by atoms with E-state index in [9.17, 15) is 14.3 Å². The number of carbonyl (C=O) groups excluding carboxylic acids is 1. The van der Waals surface area contributed by atoms with E-state index in [-0.39, 0.29) is 24.4 Å². The zero-order chi connectivity index (χ0) is 14.6. The van der Waals surface area contributed by atoms with Crippen LogP contribution >= 0.6 is 0 Å². The van der Waals surface area contributed by atoms with Crippen molar-refractivity contribution in [1.29, 1.82) is 0 Å². The summed E-state index contributed by atoms with van der Waals surface area (Å²) in [4.78, 5) is 13.6. The van der Waals surface area contributed by atoms with Gasteiger partial charge in [0.15, 0.2) is 0 Å². The number of hydrogen-bond donors (Lipinski definition) is 2. The van der Waals surface area contributed by atoms with Crippen molar-refractivity contribution in [2.75, 3.05) is 11.9 Å². The van der Waals surface area contributed by atoms with Crippen molar-refractivity contribution in [3.05, 3.63) is 29.6 Å². The van der Waals surface area contributed by atoms with Gasteiger partial charge in [-0.2, -0.15) is 0 Å². The molecule has 1 aromatic rings. The molecule has 106 valence electrons. The Hall–Kier alpha value is -1.62. The van der Waals surface area contributed by atoms with Crippen LogP contribution in [0.4, 0.5) is 14.9 Å². The molecule has 0 aliphatic heterocycles. The van der Waals surface area contributed by atoms with Crippen LogP contribution in [-0.2, 0) is 0 Å². The van der Waals surface area contributed by atoms with Crippen LogP contribution in [-0.4, -0.2) is 34.7 Å². The standard InChI is InChI=1S/C14H21FN2O2/c1-9(2)17(8-10(3)18)14(19)16-13-7-5-6-12(15)11(13)4/h5-7,9-10,18H,8H2,1-4H3,(H,16,19). The molecule has 0 saturated heterocycles. The molecule has 0 saturated carbocycles. The second-order valence-corrected chi connectivity index (χ2v) is 4.94. The van der Waals surface area contributed by atoms with Crippen LogP contribution in [0.2, 0.25) is 0 Å². The molecule has 0 fully saturated rings. The van der Waals surface area contributed by atoms with E-state index in [1.165, 1.54) is 11.0 Å². The molecule has 1 unspecified atom stereocenters. The van der Waals surface area contributed by atoms with E-state index in [1.54, 1.807) is 26.0 Å². The molecule has 2 N–H and O–H groups in total. The minimum Gasteiger partial charge on any atom is -0.392 e. The highest BCUT2D eigenvalue weighted by Crippen LogP contribution is 2.18. The fraction of sp³-hybridized carbons (Fsp3) is 0.500. The lowest BCUT2D eigenvalue weighted by molar-refractivity contribution is 0.125. The van der Waals surface area contributed by atoms with Gasteiger partial charge in [0, 0.05) is 23.8 Å². The molecule has 19 heavy (non-hydrogen) atoms. The number of urea groups is 1. The second kappa shape index (κ2) is 6.52. The Kier molecular flexibility index (Phi) is 5.30. The highest BCUT2D eigenvalue weighted by atomic mass is 19.1. The van der Waals surface area contributed by atoms with E-state index in [2.05, 4.69) is 5.32 Å². The zero-order valence-electron chi connectivity index (χ0n) is 11.8. The van der Waals surface area contributed by atoms with E-state index in [1.807, 2.05) is 13.8 Å². The Morgan fingerprint density at radius 3 is 2.58 bits per heavy atom. The van der Waals surface area contributed by atoms with Crippen molar-refractivity contribution in [2.24, 2.45) is 0 Å². The number of nitrogens with one attached hydrogen (secondary N) is 1. The van der Waals surface area contributed by atoms with Crippen LogP contribution < -0.4 is 5.32 Å². The van der Waals surface area contributed by atoms with E-state index in [0.29, 0.717) is 11.3 Å². The molecule has 0 aliphatic rings. The molecular formula is C14H21FN2O2. The van der Waals surface area contributed by atoms with Gasteiger partial charge in [-0.15, -0.1) is 0 Å². The van der Waals surface area contributed by atoms with Gasteiger partial charge in [-0.25, -0.2) is 9.18 Å². The number of aliphatic hydroxyl groups is 1. The van der Waals surface area contributed by atoms with Gasteiger partial charge in [0.1, 0.15) is 5.82 Å². The molecule has 0 aliphatic carbocycles. The molecule has 0 heterocycles. The van der Waals surface area contributed by atoms with Crippen LogP contribution in [0.3, 0.4) is 0 Å². The van der Waals surface area contributed by atoms with Gasteiger partial charge in [-0.3, -0.25) is 0 Å². The molecule has 2 amide bonds. The smallest absolute Gasteiger partial charge is 0.322 e. The Morgan fingerprint density at radius 2 is 2.05 bits per heavy atom. The first-order valence-corrected chi connectivity index (χ1v) is 6.33. The van der Waals surface area contributed by atoms with Gasteiger partial charge in [0.2, 0.25) is 0 Å². The summed E-state index contributed by atoms with van der Waals surface area (Å²) in [6.45, 7) is 7.19. The summed E-state index contributed by atoms with van der Waals surface area (Å²) in [5, 5.41) is 12.1. The summed E-state index contributed by atoms with van der Waals surface area (Å²) in [7, 11) is 0. The quantitative estimate of drug-likeness (QED) is 0.882. The Labute approximate surface area is 113 Å². The first-order valence-electron chi connectivity index (χ1n) is 6.33. The van der Waals surface area contributed by atoms with Gasteiger partial charge in [0.25, 0.3) is 0 Å². The largest absolute Gasteiger partial charge is 0.392 e. The SMILES string of the molecule is Cc1c(F)cccc1NC(=O)N(CC(C)O)C(C)C. The summed E-state index contributed by atoms with van der Waals surface area (Å²) >= 11 is 0. The Morgan fingerprint density at radius 1 is 1.42 bits per heavy atom. The summed E-state index contributed by atoms with van der Waals surface area (Å²) in [6, 6.07) is 4.15. The third-order valence-electron chi connectivity index (χ3n) is 2.85. The monoisotopic (exact) mass is 268 g/mol. The minimum atomic E-state index is -0.609. The topological polar surface area (TPSA) is 52.6 Å². The first-order chi connectivity index (χ1) is 8.82. The molecule has 1 aromatic carbocycles. The van der Waals surface area contributed by atoms with Crippen molar-refractivity contribution < 1.29 is 14.3 Å². The molecule has 0 radical (unpaired) electrons. The number of hydrogen-bond acceptors (Lipinski definition) is 2. The van der Waals surface area contributed by atoms with Gasteiger partial charge >= 0.3 is 6.03 Å². The molecule has 0 aromatic heterocycles. The summed E-state index contributed by atoms with van der Waals surface area (Å²) in [6.07, 6.45) is -0.609. The average Bonchev–Trinajstić information content (AvgIpc) is 2.31. The van der Waals surface area contributed by atoms with Crippen molar-refractivity contribution in [3.63, 3.8) is 0 Å². The number of benzene rings is 1. The van der Waals surface area contributed by atoms with Crippen LogP contribution in [0, 0.1) is 12.7 Å². The van der Waals surface area contributed by atoms with Crippen LogP contribution in [0.25, 0.3) is 0 Å². The molecule has 1 atom stereocenters. The summed E-state index contributed by atoms with van der Waals surface area (Å²) in [5.41, 5.74) is 0.845. The van der Waals surface area contributed by atoms with E-state index < -0.39 is 6.10 Å². The predicted molar refractivity (Wildman–Crippen MR) is 73.7 cm³/mol. The van der Waals surface area contributed by atoms with E-state index in [0.717, 1.165) is 0 Å². The van der Waals surface area contributed by atoms with E-state index in [4.69, 9.17) is 0 Å². The number of halogens is 1. The highest BCUT2D eigenvalue weighted by molar-refractivity contribution is 5.90. The molecule has 4 nitrogen and oxygen atoms in total. The zero-order valence-corrected chi connectivity index (χ0v) is 11.8.